The normalized spacial score (nSPS) is 12.1. The maximum absolute atomic E-state index is 11.5. The van der Waals surface area contributed by atoms with Gasteiger partial charge in [0.2, 0.25) is 5.91 Å². The van der Waals surface area contributed by atoms with E-state index in [2.05, 4.69) is 20.8 Å². The van der Waals surface area contributed by atoms with E-state index in [9.17, 15) is 4.79 Å². The minimum atomic E-state index is -0.0519. The van der Waals surface area contributed by atoms with Crippen LogP contribution in [0.15, 0.2) is 18.3 Å². The second-order valence-corrected chi connectivity index (χ2v) is 3.32. The number of carbonyl (C=O) groups is 1. The van der Waals surface area contributed by atoms with Crippen molar-refractivity contribution in [2.24, 2.45) is 0 Å². The van der Waals surface area contributed by atoms with Crippen LogP contribution in [-0.4, -0.2) is 28.7 Å². The number of anilines is 1. The largest absolute Gasteiger partial charge is 0.314 e. The number of rotatable bonds is 5. The molecule has 0 aromatic carbocycles. The maximum Gasteiger partial charge on any atom is 0.227 e. The lowest BCUT2D eigenvalue weighted by atomic mass is 10.2. The van der Waals surface area contributed by atoms with Gasteiger partial charge in [-0.25, -0.2) is 0 Å². The standard InChI is InChI=1S/C10H16N4O/c1-3-11-8(2)7-10(15)13-9-5-4-6-12-14-9/h4-6,8,11H,3,7H2,1-2H3,(H,13,14,15). The number of amides is 1. The van der Waals surface area contributed by atoms with E-state index in [1.54, 1.807) is 18.3 Å². The summed E-state index contributed by atoms with van der Waals surface area (Å²) in [4.78, 5) is 11.5. The van der Waals surface area contributed by atoms with Crippen LogP contribution in [0.2, 0.25) is 0 Å². The van der Waals surface area contributed by atoms with Gasteiger partial charge in [-0.05, 0) is 25.6 Å². The van der Waals surface area contributed by atoms with Crippen molar-refractivity contribution in [3.8, 4) is 0 Å². The van der Waals surface area contributed by atoms with Crippen LogP contribution >= 0.6 is 0 Å². The highest BCUT2D eigenvalue weighted by molar-refractivity contribution is 5.89. The summed E-state index contributed by atoms with van der Waals surface area (Å²) in [5, 5.41) is 13.3. The van der Waals surface area contributed by atoms with Crippen molar-refractivity contribution in [2.75, 3.05) is 11.9 Å². The summed E-state index contributed by atoms with van der Waals surface area (Å²) in [5.41, 5.74) is 0. The molecule has 0 aliphatic rings. The molecule has 5 heteroatoms. The zero-order valence-electron chi connectivity index (χ0n) is 9.03. The predicted octanol–water partition coefficient (Wildman–Crippen LogP) is 0.803. The van der Waals surface area contributed by atoms with Gasteiger partial charge in [0, 0.05) is 18.7 Å². The molecule has 0 aliphatic carbocycles. The monoisotopic (exact) mass is 208 g/mol. The molecule has 0 saturated carbocycles. The Hall–Kier alpha value is -1.49. The van der Waals surface area contributed by atoms with E-state index in [4.69, 9.17) is 0 Å². The first-order valence-corrected chi connectivity index (χ1v) is 5.03. The topological polar surface area (TPSA) is 66.9 Å². The lowest BCUT2D eigenvalue weighted by molar-refractivity contribution is -0.116. The van der Waals surface area contributed by atoms with Crippen molar-refractivity contribution >= 4 is 11.7 Å². The van der Waals surface area contributed by atoms with Crippen LogP contribution in [-0.2, 0) is 4.79 Å². The summed E-state index contributed by atoms with van der Waals surface area (Å²) in [7, 11) is 0. The summed E-state index contributed by atoms with van der Waals surface area (Å²) in [5.74, 6) is 0.440. The van der Waals surface area contributed by atoms with Crippen LogP contribution in [0.4, 0.5) is 5.82 Å². The van der Waals surface area contributed by atoms with Crippen molar-refractivity contribution in [3.05, 3.63) is 18.3 Å². The number of nitrogens with zero attached hydrogens (tertiary/aromatic N) is 2. The molecule has 0 bridgehead atoms. The molecule has 1 amide bonds. The fraction of sp³-hybridized carbons (Fsp3) is 0.500. The SMILES string of the molecule is CCNC(C)CC(=O)Nc1cccnn1. The highest BCUT2D eigenvalue weighted by Crippen LogP contribution is 2.00. The van der Waals surface area contributed by atoms with Crippen molar-refractivity contribution in [1.82, 2.24) is 15.5 Å². The predicted molar refractivity (Wildman–Crippen MR) is 58.4 cm³/mol. The van der Waals surface area contributed by atoms with E-state index >= 15 is 0 Å². The molecule has 0 radical (unpaired) electrons. The van der Waals surface area contributed by atoms with Gasteiger partial charge >= 0.3 is 0 Å². The summed E-state index contributed by atoms with van der Waals surface area (Å²) in [6.07, 6.45) is 2.00. The van der Waals surface area contributed by atoms with Crippen LogP contribution in [0.3, 0.4) is 0 Å². The highest BCUT2D eigenvalue weighted by atomic mass is 16.1. The van der Waals surface area contributed by atoms with Gasteiger partial charge in [0.05, 0.1) is 0 Å². The molecule has 5 nitrogen and oxygen atoms in total. The van der Waals surface area contributed by atoms with Gasteiger partial charge in [-0.2, -0.15) is 5.10 Å². The van der Waals surface area contributed by atoms with E-state index in [0.29, 0.717) is 12.2 Å². The van der Waals surface area contributed by atoms with Gasteiger partial charge in [-0.15, -0.1) is 5.10 Å². The molecular weight excluding hydrogens is 192 g/mol. The summed E-state index contributed by atoms with van der Waals surface area (Å²) >= 11 is 0. The van der Waals surface area contributed by atoms with Crippen molar-refractivity contribution in [2.45, 2.75) is 26.3 Å². The lowest BCUT2D eigenvalue weighted by Gasteiger charge is -2.11. The number of carbonyl (C=O) groups excluding carboxylic acids is 1. The van der Waals surface area contributed by atoms with Crippen LogP contribution in [0, 0.1) is 0 Å². The Morgan fingerprint density at radius 1 is 1.60 bits per heavy atom. The Labute approximate surface area is 89.3 Å². The minimum Gasteiger partial charge on any atom is -0.314 e. The average Bonchev–Trinajstić information content (AvgIpc) is 2.19. The van der Waals surface area contributed by atoms with Gasteiger partial charge in [0.1, 0.15) is 0 Å². The molecule has 0 fully saturated rings. The summed E-state index contributed by atoms with van der Waals surface area (Å²) < 4.78 is 0. The fourth-order valence-corrected chi connectivity index (χ4v) is 1.26. The number of hydrogen-bond acceptors (Lipinski definition) is 4. The van der Waals surface area contributed by atoms with Crippen LogP contribution < -0.4 is 10.6 Å². The molecule has 0 spiro atoms. The number of hydrogen-bond donors (Lipinski definition) is 2. The van der Waals surface area contributed by atoms with Crippen LogP contribution in [0.25, 0.3) is 0 Å². The molecule has 82 valence electrons. The second-order valence-electron chi connectivity index (χ2n) is 3.32. The van der Waals surface area contributed by atoms with Gasteiger partial charge in [0.25, 0.3) is 0 Å². The summed E-state index contributed by atoms with van der Waals surface area (Å²) in [6.45, 7) is 4.84. The smallest absolute Gasteiger partial charge is 0.227 e. The Bertz CT molecular complexity index is 302. The van der Waals surface area contributed by atoms with Crippen molar-refractivity contribution in [3.63, 3.8) is 0 Å². The van der Waals surface area contributed by atoms with Gasteiger partial charge in [-0.3, -0.25) is 4.79 Å². The number of aromatic nitrogens is 2. The highest BCUT2D eigenvalue weighted by Gasteiger charge is 2.08. The Balaban J connectivity index is 2.36. The van der Waals surface area contributed by atoms with E-state index in [0.717, 1.165) is 6.54 Å². The van der Waals surface area contributed by atoms with Gasteiger partial charge in [-0.1, -0.05) is 6.92 Å². The average molecular weight is 208 g/mol. The molecule has 1 aromatic rings. The zero-order valence-corrected chi connectivity index (χ0v) is 9.03. The summed E-state index contributed by atoms with van der Waals surface area (Å²) in [6, 6.07) is 3.62. The molecule has 1 unspecified atom stereocenters. The molecule has 1 heterocycles. The quantitative estimate of drug-likeness (QED) is 0.751. The Morgan fingerprint density at radius 2 is 2.40 bits per heavy atom. The first-order chi connectivity index (χ1) is 7.22. The third kappa shape index (κ3) is 4.51. The zero-order chi connectivity index (χ0) is 11.1. The van der Waals surface area contributed by atoms with Crippen molar-refractivity contribution < 1.29 is 4.79 Å². The minimum absolute atomic E-state index is 0.0519. The number of nitrogens with one attached hydrogen (secondary N) is 2. The van der Waals surface area contributed by atoms with E-state index < -0.39 is 0 Å². The van der Waals surface area contributed by atoms with Gasteiger partial charge < -0.3 is 10.6 Å². The third-order valence-corrected chi connectivity index (χ3v) is 1.88. The Morgan fingerprint density at radius 3 is 3.00 bits per heavy atom. The third-order valence-electron chi connectivity index (χ3n) is 1.88. The molecule has 1 atom stereocenters. The van der Waals surface area contributed by atoms with E-state index in [1.807, 2.05) is 13.8 Å². The van der Waals surface area contributed by atoms with Crippen LogP contribution in [0.5, 0.6) is 0 Å². The molecular formula is C10H16N4O. The fourth-order valence-electron chi connectivity index (χ4n) is 1.26. The molecule has 0 aliphatic heterocycles. The lowest BCUT2D eigenvalue weighted by Crippen LogP contribution is -2.30. The first-order valence-electron chi connectivity index (χ1n) is 5.03. The molecule has 2 N–H and O–H groups in total. The molecule has 1 aromatic heterocycles. The van der Waals surface area contributed by atoms with Gasteiger partial charge in [0.15, 0.2) is 5.82 Å². The second kappa shape index (κ2) is 6.08. The maximum atomic E-state index is 11.5. The molecule has 1 rings (SSSR count). The molecule has 15 heavy (non-hydrogen) atoms. The van der Waals surface area contributed by atoms with E-state index in [1.165, 1.54) is 0 Å². The molecule has 0 saturated heterocycles. The Kier molecular flexibility index (Phi) is 4.70. The van der Waals surface area contributed by atoms with Crippen molar-refractivity contribution in [1.29, 1.82) is 0 Å². The van der Waals surface area contributed by atoms with E-state index in [-0.39, 0.29) is 11.9 Å². The van der Waals surface area contributed by atoms with Crippen LogP contribution in [0.1, 0.15) is 20.3 Å². The first kappa shape index (κ1) is 11.6.